The van der Waals surface area contributed by atoms with Crippen molar-refractivity contribution >= 4 is 23.4 Å². The molecule has 0 aliphatic rings. The standard InChI is InChI=1S/C11H13N3OS/c12-6-1-7-14-11(15)8-16-10-4-2-9(13)3-5-10/h2-5H,1,7-8,13H2,(H,14,15). The van der Waals surface area contributed by atoms with Crippen molar-refractivity contribution < 1.29 is 4.79 Å². The van der Waals surface area contributed by atoms with E-state index >= 15 is 0 Å². The van der Waals surface area contributed by atoms with Gasteiger partial charge in [-0.25, -0.2) is 0 Å². The summed E-state index contributed by atoms with van der Waals surface area (Å²) in [5, 5.41) is 11.0. The Labute approximate surface area is 98.8 Å². The van der Waals surface area contributed by atoms with E-state index in [1.807, 2.05) is 18.2 Å². The summed E-state index contributed by atoms with van der Waals surface area (Å²) >= 11 is 1.44. The molecular formula is C11H13N3OS. The van der Waals surface area contributed by atoms with E-state index in [1.165, 1.54) is 11.8 Å². The van der Waals surface area contributed by atoms with Crippen LogP contribution in [0.4, 0.5) is 5.69 Å². The summed E-state index contributed by atoms with van der Waals surface area (Å²) in [5.74, 6) is 0.298. The third-order valence-electron chi connectivity index (χ3n) is 1.81. The summed E-state index contributed by atoms with van der Waals surface area (Å²) in [7, 11) is 0. The van der Waals surface area contributed by atoms with Crippen molar-refractivity contribution in [2.75, 3.05) is 18.0 Å². The molecule has 0 aromatic heterocycles. The van der Waals surface area contributed by atoms with Gasteiger partial charge in [0.05, 0.1) is 18.2 Å². The summed E-state index contributed by atoms with van der Waals surface area (Å²) in [6.45, 7) is 0.414. The minimum absolute atomic E-state index is 0.0583. The van der Waals surface area contributed by atoms with Crippen LogP contribution in [0.5, 0.6) is 0 Å². The van der Waals surface area contributed by atoms with Gasteiger partial charge in [-0.2, -0.15) is 5.26 Å². The maximum atomic E-state index is 11.3. The predicted octanol–water partition coefficient (Wildman–Crippen LogP) is 1.39. The minimum Gasteiger partial charge on any atom is -0.399 e. The monoisotopic (exact) mass is 235 g/mol. The van der Waals surface area contributed by atoms with Gasteiger partial charge in [-0.3, -0.25) is 4.79 Å². The van der Waals surface area contributed by atoms with E-state index in [0.29, 0.717) is 24.4 Å². The Kier molecular flexibility index (Phi) is 5.23. The predicted molar refractivity (Wildman–Crippen MR) is 64.8 cm³/mol. The summed E-state index contributed by atoms with van der Waals surface area (Å²) in [4.78, 5) is 12.3. The van der Waals surface area contributed by atoms with Gasteiger partial charge in [-0.1, -0.05) is 0 Å². The maximum absolute atomic E-state index is 11.3. The fourth-order valence-electron chi connectivity index (χ4n) is 1.02. The zero-order chi connectivity index (χ0) is 11.8. The van der Waals surface area contributed by atoms with Gasteiger partial charge in [0.2, 0.25) is 5.91 Å². The third kappa shape index (κ3) is 4.71. The number of thioether (sulfide) groups is 1. The van der Waals surface area contributed by atoms with Crippen LogP contribution < -0.4 is 11.1 Å². The lowest BCUT2D eigenvalue weighted by atomic mass is 10.3. The number of carbonyl (C=O) groups is 1. The molecule has 0 radical (unpaired) electrons. The quantitative estimate of drug-likeness (QED) is 0.459. The lowest BCUT2D eigenvalue weighted by Gasteiger charge is -2.03. The number of nitrogens with zero attached hydrogens (tertiary/aromatic N) is 1. The van der Waals surface area contributed by atoms with Gasteiger partial charge in [0.1, 0.15) is 0 Å². The fraction of sp³-hybridized carbons (Fsp3) is 0.273. The molecule has 5 heteroatoms. The van der Waals surface area contributed by atoms with Gasteiger partial charge in [-0.05, 0) is 24.3 Å². The highest BCUT2D eigenvalue weighted by Gasteiger charge is 2.01. The highest BCUT2D eigenvalue weighted by Crippen LogP contribution is 2.18. The third-order valence-corrected chi connectivity index (χ3v) is 2.82. The van der Waals surface area contributed by atoms with E-state index in [2.05, 4.69) is 5.32 Å². The SMILES string of the molecule is N#CCCNC(=O)CSc1ccc(N)cc1. The molecule has 0 saturated heterocycles. The van der Waals surface area contributed by atoms with Gasteiger partial charge < -0.3 is 11.1 Å². The van der Waals surface area contributed by atoms with Crippen LogP contribution in [-0.2, 0) is 4.79 Å². The molecule has 1 aromatic rings. The molecule has 1 rings (SSSR count). The number of nitrogen functional groups attached to an aromatic ring is 1. The normalized spacial score (nSPS) is 9.44. The number of amides is 1. The van der Waals surface area contributed by atoms with E-state index in [0.717, 1.165) is 4.90 Å². The van der Waals surface area contributed by atoms with Crippen molar-refractivity contribution in [3.05, 3.63) is 24.3 Å². The van der Waals surface area contributed by atoms with Crippen LogP contribution in [0.25, 0.3) is 0 Å². The molecule has 4 nitrogen and oxygen atoms in total. The summed E-state index contributed by atoms with van der Waals surface area (Å²) in [5.41, 5.74) is 6.26. The number of rotatable bonds is 5. The first-order valence-electron chi connectivity index (χ1n) is 4.84. The Hall–Kier alpha value is -1.67. The summed E-state index contributed by atoms with van der Waals surface area (Å²) in [6, 6.07) is 9.33. The number of nitriles is 1. The van der Waals surface area contributed by atoms with Crippen molar-refractivity contribution in [1.82, 2.24) is 5.32 Å². The average Bonchev–Trinajstić information content (AvgIpc) is 2.29. The van der Waals surface area contributed by atoms with Gasteiger partial charge in [-0.15, -0.1) is 11.8 Å². The van der Waals surface area contributed by atoms with Gasteiger partial charge in [0, 0.05) is 17.1 Å². The smallest absolute Gasteiger partial charge is 0.230 e. The topological polar surface area (TPSA) is 78.9 Å². The molecule has 0 atom stereocenters. The van der Waals surface area contributed by atoms with Crippen LogP contribution in [0.15, 0.2) is 29.2 Å². The van der Waals surface area contributed by atoms with Crippen LogP contribution in [-0.4, -0.2) is 18.2 Å². The van der Waals surface area contributed by atoms with E-state index < -0.39 is 0 Å². The Morgan fingerprint density at radius 3 is 2.75 bits per heavy atom. The van der Waals surface area contributed by atoms with Gasteiger partial charge >= 0.3 is 0 Å². The zero-order valence-electron chi connectivity index (χ0n) is 8.77. The number of nitrogens with two attached hydrogens (primary N) is 1. The highest BCUT2D eigenvalue weighted by molar-refractivity contribution is 8.00. The number of anilines is 1. The molecule has 0 aliphatic heterocycles. The van der Waals surface area contributed by atoms with Crippen molar-refractivity contribution in [3.8, 4) is 6.07 Å². The largest absolute Gasteiger partial charge is 0.399 e. The molecule has 1 amide bonds. The van der Waals surface area contributed by atoms with Crippen molar-refractivity contribution in [3.63, 3.8) is 0 Å². The molecule has 0 heterocycles. The Balaban J connectivity index is 2.26. The van der Waals surface area contributed by atoms with E-state index in [-0.39, 0.29) is 5.91 Å². The molecule has 0 unspecified atom stereocenters. The molecule has 0 fully saturated rings. The highest BCUT2D eigenvalue weighted by atomic mass is 32.2. The van der Waals surface area contributed by atoms with Gasteiger partial charge in [0.25, 0.3) is 0 Å². The Morgan fingerprint density at radius 2 is 2.12 bits per heavy atom. The Morgan fingerprint density at radius 1 is 1.44 bits per heavy atom. The molecular weight excluding hydrogens is 222 g/mol. The number of benzene rings is 1. The molecule has 1 aromatic carbocycles. The first-order chi connectivity index (χ1) is 7.72. The van der Waals surface area contributed by atoms with Crippen molar-refractivity contribution in [1.29, 1.82) is 5.26 Å². The van der Waals surface area contributed by atoms with Crippen LogP contribution in [0.2, 0.25) is 0 Å². The zero-order valence-corrected chi connectivity index (χ0v) is 9.59. The first-order valence-corrected chi connectivity index (χ1v) is 5.83. The molecule has 0 bridgehead atoms. The number of carbonyl (C=O) groups excluding carboxylic acids is 1. The number of hydrogen-bond donors (Lipinski definition) is 2. The number of nitrogens with one attached hydrogen (secondary N) is 1. The second-order valence-corrected chi connectivity index (χ2v) is 4.16. The summed E-state index contributed by atoms with van der Waals surface area (Å²) < 4.78 is 0. The fourth-order valence-corrected chi connectivity index (χ4v) is 1.75. The second kappa shape index (κ2) is 6.75. The van der Waals surface area contributed by atoms with Crippen LogP contribution in [0.1, 0.15) is 6.42 Å². The average molecular weight is 235 g/mol. The van der Waals surface area contributed by atoms with Crippen LogP contribution >= 0.6 is 11.8 Å². The first kappa shape index (κ1) is 12.4. The molecule has 84 valence electrons. The maximum Gasteiger partial charge on any atom is 0.230 e. The van der Waals surface area contributed by atoms with Gasteiger partial charge in [0.15, 0.2) is 0 Å². The molecule has 3 N–H and O–H groups in total. The molecule has 0 spiro atoms. The lowest BCUT2D eigenvalue weighted by Crippen LogP contribution is -2.25. The second-order valence-electron chi connectivity index (χ2n) is 3.12. The van der Waals surface area contributed by atoms with Crippen LogP contribution in [0.3, 0.4) is 0 Å². The van der Waals surface area contributed by atoms with Crippen molar-refractivity contribution in [2.24, 2.45) is 0 Å². The Bertz CT molecular complexity index is 383. The summed E-state index contributed by atoms with van der Waals surface area (Å²) in [6.07, 6.45) is 0.346. The van der Waals surface area contributed by atoms with Crippen LogP contribution in [0, 0.1) is 11.3 Å². The van der Waals surface area contributed by atoms with Crippen molar-refractivity contribution in [2.45, 2.75) is 11.3 Å². The van der Waals surface area contributed by atoms with E-state index in [9.17, 15) is 4.79 Å². The van der Waals surface area contributed by atoms with E-state index in [1.54, 1.807) is 12.1 Å². The number of hydrogen-bond acceptors (Lipinski definition) is 4. The van der Waals surface area contributed by atoms with E-state index in [4.69, 9.17) is 11.0 Å². The minimum atomic E-state index is -0.0583. The molecule has 0 aliphatic carbocycles. The molecule has 0 saturated carbocycles. The molecule has 16 heavy (non-hydrogen) atoms. The lowest BCUT2D eigenvalue weighted by molar-refractivity contribution is -0.118.